The van der Waals surface area contributed by atoms with Crippen LogP contribution in [0.1, 0.15) is 30.3 Å². The molecule has 0 radical (unpaired) electrons. The van der Waals surface area contributed by atoms with E-state index in [9.17, 15) is 4.79 Å². The van der Waals surface area contributed by atoms with E-state index in [-0.39, 0.29) is 6.03 Å². The van der Waals surface area contributed by atoms with E-state index in [0.717, 1.165) is 43.1 Å². The fraction of sp³-hybridized carbons (Fsp3) is 0.412. The van der Waals surface area contributed by atoms with Gasteiger partial charge in [0.05, 0.1) is 12.2 Å². The van der Waals surface area contributed by atoms with Crippen LogP contribution in [-0.4, -0.2) is 48.2 Å². The average Bonchev–Trinajstić information content (AvgIpc) is 3.25. The second kappa shape index (κ2) is 6.54. The number of likely N-dealkylation sites (tertiary alicyclic amines) is 1. The molecule has 0 aliphatic carbocycles. The summed E-state index contributed by atoms with van der Waals surface area (Å²) < 4.78 is 3.91. The van der Waals surface area contributed by atoms with Gasteiger partial charge in [0.1, 0.15) is 17.8 Å². The first-order chi connectivity index (χ1) is 12.2. The van der Waals surface area contributed by atoms with Gasteiger partial charge < -0.3 is 19.2 Å². The first-order valence-electron chi connectivity index (χ1n) is 8.50. The predicted octanol–water partition coefficient (Wildman–Crippen LogP) is 1.55. The van der Waals surface area contributed by atoms with Crippen molar-refractivity contribution in [1.82, 2.24) is 34.4 Å². The Balaban J connectivity index is 1.31. The van der Waals surface area contributed by atoms with Crippen molar-refractivity contribution in [3.63, 3.8) is 0 Å². The number of amides is 2. The lowest BCUT2D eigenvalue weighted by Gasteiger charge is -2.31. The Labute approximate surface area is 145 Å². The van der Waals surface area contributed by atoms with Crippen LogP contribution in [0.15, 0.2) is 36.9 Å². The molecule has 0 atom stereocenters. The number of carbonyl (C=O) groups excluding carboxylic acids is 1. The topological polar surface area (TPSA) is 80.4 Å². The highest BCUT2D eigenvalue weighted by Gasteiger charge is 2.26. The summed E-state index contributed by atoms with van der Waals surface area (Å²) in [6.07, 6.45) is 7.44. The monoisotopic (exact) mass is 339 g/mol. The van der Waals surface area contributed by atoms with E-state index in [2.05, 4.69) is 20.5 Å². The Morgan fingerprint density at radius 2 is 2.16 bits per heavy atom. The van der Waals surface area contributed by atoms with Gasteiger partial charge in [-0.2, -0.15) is 0 Å². The number of fused-ring (bicyclic) bond motifs is 1. The molecule has 130 valence electrons. The van der Waals surface area contributed by atoms with Gasteiger partial charge in [0.25, 0.3) is 0 Å². The molecule has 25 heavy (non-hydrogen) atoms. The molecular weight excluding hydrogens is 318 g/mol. The minimum atomic E-state index is -0.0338. The molecule has 0 unspecified atom stereocenters. The van der Waals surface area contributed by atoms with Gasteiger partial charge in [-0.25, -0.2) is 9.78 Å². The summed E-state index contributed by atoms with van der Waals surface area (Å²) in [7, 11) is 1.96. The number of urea groups is 1. The minimum absolute atomic E-state index is 0.0338. The highest BCUT2D eigenvalue weighted by Crippen LogP contribution is 2.25. The predicted molar refractivity (Wildman–Crippen MR) is 92.0 cm³/mol. The first-order valence-corrected chi connectivity index (χ1v) is 8.50. The van der Waals surface area contributed by atoms with Gasteiger partial charge in [-0.05, 0) is 25.0 Å². The Kier molecular flexibility index (Phi) is 4.09. The van der Waals surface area contributed by atoms with Gasteiger partial charge in [0.2, 0.25) is 0 Å². The molecule has 3 aromatic rings. The van der Waals surface area contributed by atoms with Gasteiger partial charge in [0, 0.05) is 38.4 Å². The maximum Gasteiger partial charge on any atom is 0.317 e. The lowest BCUT2D eigenvalue weighted by atomic mass is 9.96. The lowest BCUT2D eigenvalue weighted by molar-refractivity contribution is 0.179. The van der Waals surface area contributed by atoms with Crippen molar-refractivity contribution in [2.24, 2.45) is 7.05 Å². The normalized spacial score (nSPS) is 15.6. The maximum atomic E-state index is 12.4. The summed E-state index contributed by atoms with van der Waals surface area (Å²) in [5.74, 6) is 1.37. The molecule has 0 spiro atoms. The number of piperidine rings is 1. The second-order valence-electron chi connectivity index (χ2n) is 6.42. The van der Waals surface area contributed by atoms with E-state index in [4.69, 9.17) is 0 Å². The number of rotatable bonds is 3. The Morgan fingerprint density at radius 3 is 2.88 bits per heavy atom. The SMILES string of the molecule is Cn1cnnc1C1CCN(C(=O)NCc2cn3ccccc3n2)CC1. The minimum Gasteiger partial charge on any atom is -0.332 e. The Hall–Kier alpha value is -2.90. The van der Waals surface area contributed by atoms with Crippen molar-refractivity contribution < 1.29 is 4.79 Å². The molecule has 8 heteroatoms. The molecule has 0 bridgehead atoms. The highest BCUT2D eigenvalue weighted by atomic mass is 16.2. The molecule has 0 aromatic carbocycles. The third-order valence-corrected chi connectivity index (χ3v) is 4.73. The number of hydrogen-bond acceptors (Lipinski definition) is 4. The number of nitrogens with zero attached hydrogens (tertiary/aromatic N) is 6. The fourth-order valence-electron chi connectivity index (χ4n) is 3.35. The van der Waals surface area contributed by atoms with E-state index in [1.807, 2.05) is 51.5 Å². The summed E-state index contributed by atoms with van der Waals surface area (Å²) in [4.78, 5) is 18.8. The number of aromatic nitrogens is 5. The highest BCUT2D eigenvalue weighted by molar-refractivity contribution is 5.74. The number of pyridine rings is 1. The van der Waals surface area contributed by atoms with E-state index < -0.39 is 0 Å². The smallest absolute Gasteiger partial charge is 0.317 e. The first kappa shape index (κ1) is 15.6. The van der Waals surface area contributed by atoms with Crippen molar-refractivity contribution in [3.8, 4) is 0 Å². The third kappa shape index (κ3) is 3.19. The van der Waals surface area contributed by atoms with Crippen LogP contribution in [0.4, 0.5) is 4.79 Å². The molecule has 1 aliphatic heterocycles. The molecule has 8 nitrogen and oxygen atoms in total. The van der Waals surface area contributed by atoms with Gasteiger partial charge in [-0.15, -0.1) is 10.2 Å². The molecular formula is C17H21N7O. The zero-order chi connectivity index (χ0) is 17.2. The summed E-state index contributed by atoms with van der Waals surface area (Å²) in [6, 6.07) is 5.82. The Morgan fingerprint density at radius 1 is 1.32 bits per heavy atom. The van der Waals surface area contributed by atoms with E-state index in [0.29, 0.717) is 12.5 Å². The van der Waals surface area contributed by atoms with Crippen LogP contribution in [-0.2, 0) is 13.6 Å². The lowest BCUT2D eigenvalue weighted by Crippen LogP contribution is -2.44. The average molecular weight is 339 g/mol. The van der Waals surface area contributed by atoms with Gasteiger partial charge in [0.15, 0.2) is 0 Å². The molecule has 1 aliphatic rings. The number of imidazole rings is 1. The van der Waals surface area contributed by atoms with Gasteiger partial charge in [-0.3, -0.25) is 0 Å². The second-order valence-corrected chi connectivity index (χ2v) is 6.42. The zero-order valence-corrected chi connectivity index (χ0v) is 14.2. The summed E-state index contributed by atoms with van der Waals surface area (Å²) in [5, 5.41) is 11.1. The van der Waals surface area contributed by atoms with Crippen LogP contribution in [0.25, 0.3) is 5.65 Å². The van der Waals surface area contributed by atoms with Gasteiger partial charge >= 0.3 is 6.03 Å². The number of aryl methyl sites for hydroxylation is 1. The summed E-state index contributed by atoms with van der Waals surface area (Å²) >= 11 is 0. The van der Waals surface area contributed by atoms with Crippen molar-refractivity contribution in [3.05, 3.63) is 48.4 Å². The van der Waals surface area contributed by atoms with Crippen LogP contribution in [0.5, 0.6) is 0 Å². The molecule has 1 saturated heterocycles. The summed E-state index contributed by atoms with van der Waals surface area (Å²) in [5.41, 5.74) is 1.74. The number of nitrogens with one attached hydrogen (secondary N) is 1. The van der Waals surface area contributed by atoms with Crippen LogP contribution in [0.3, 0.4) is 0 Å². The summed E-state index contributed by atoms with van der Waals surface area (Å²) in [6.45, 7) is 1.90. The largest absolute Gasteiger partial charge is 0.332 e. The van der Waals surface area contributed by atoms with E-state index in [1.54, 1.807) is 6.33 Å². The quantitative estimate of drug-likeness (QED) is 0.785. The van der Waals surface area contributed by atoms with Crippen LogP contribution in [0.2, 0.25) is 0 Å². The molecule has 0 saturated carbocycles. The third-order valence-electron chi connectivity index (χ3n) is 4.73. The molecule has 1 fully saturated rings. The van der Waals surface area contributed by atoms with Crippen molar-refractivity contribution >= 4 is 11.7 Å². The van der Waals surface area contributed by atoms with Crippen molar-refractivity contribution in [2.45, 2.75) is 25.3 Å². The van der Waals surface area contributed by atoms with Crippen molar-refractivity contribution in [2.75, 3.05) is 13.1 Å². The van der Waals surface area contributed by atoms with E-state index >= 15 is 0 Å². The standard InChI is InChI=1S/C17H21N7O/c1-22-12-19-21-16(22)13-5-8-23(9-6-13)17(25)18-10-14-11-24-7-3-2-4-15(24)20-14/h2-4,7,11-13H,5-6,8-10H2,1H3,(H,18,25). The molecule has 4 heterocycles. The van der Waals surface area contributed by atoms with Crippen LogP contribution in [0, 0.1) is 0 Å². The van der Waals surface area contributed by atoms with Gasteiger partial charge in [-0.1, -0.05) is 6.07 Å². The molecule has 1 N–H and O–H groups in total. The fourth-order valence-corrected chi connectivity index (χ4v) is 3.35. The van der Waals surface area contributed by atoms with Crippen LogP contribution >= 0.6 is 0 Å². The maximum absolute atomic E-state index is 12.4. The molecule has 3 aromatic heterocycles. The van der Waals surface area contributed by atoms with Crippen molar-refractivity contribution in [1.29, 1.82) is 0 Å². The number of hydrogen-bond donors (Lipinski definition) is 1. The zero-order valence-electron chi connectivity index (χ0n) is 14.2. The Bertz CT molecular complexity index is 843. The number of carbonyl (C=O) groups is 1. The molecule has 2 amide bonds. The van der Waals surface area contributed by atoms with Crippen LogP contribution < -0.4 is 5.32 Å². The molecule has 4 rings (SSSR count). The van der Waals surface area contributed by atoms with E-state index in [1.165, 1.54) is 0 Å².